The van der Waals surface area contributed by atoms with Crippen molar-refractivity contribution >= 4 is 21.7 Å². The van der Waals surface area contributed by atoms with Gasteiger partial charge in [-0.05, 0) is 37.5 Å². The van der Waals surface area contributed by atoms with Crippen molar-refractivity contribution in [2.45, 2.75) is 31.8 Å². The molecule has 1 aliphatic rings. The minimum absolute atomic E-state index is 0.148. The summed E-state index contributed by atoms with van der Waals surface area (Å²) < 4.78 is 19.6. The van der Waals surface area contributed by atoms with Gasteiger partial charge in [0, 0.05) is 17.5 Å². The highest BCUT2D eigenvalue weighted by Gasteiger charge is 2.18. The average Bonchev–Trinajstić information content (AvgIpc) is 2.78. The molecule has 0 amide bonds. The van der Waals surface area contributed by atoms with Crippen LogP contribution in [0, 0.1) is 5.82 Å². The van der Waals surface area contributed by atoms with E-state index in [-0.39, 0.29) is 17.5 Å². The first-order chi connectivity index (χ1) is 8.16. The molecule has 0 aliphatic carbocycles. The highest BCUT2D eigenvalue weighted by Crippen LogP contribution is 2.20. The second-order valence-electron chi connectivity index (χ2n) is 4.22. The van der Waals surface area contributed by atoms with Gasteiger partial charge >= 0.3 is 0 Å². The van der Waals surface area contributed by atoms with Crippen molar-refractivity contribution in [2.75, 3.05) is 6.61 Å². The first-order valence-electron chi connectivity index (χ1n) is 5.76. The molecule has 92 valence electrons. The van der Waals surface area contributed by atoms with Crippen LogP contribution in [0.4, 0.5) is 4.39 Å². The van der Waals surface area contributed by atoms with E-state index in [0.29, 0.717) is 17.3 Å². The lowest BCUT2D eigenvalue weighted by atomic mass is 10.0. The van der Waals surface area contributed by atoms with E-state index in [2.05, 4.69) is 15.9 Å². The van der Waals surface area contributed by atoms with Crippen molar-refractivity contribution in [3.63, 3.8) is 0 Å². The Morgan fingerprint density at radius 3 is 3.00 bits per heavy atom. The molecule has 1 aromatic rings. The van der Waals surface area contributed by atoms with E-state index in [1.807, 2.05) is 0 Å². The van der Waals surface area contributed by atoms with Crippen molar-refractivity contribution in [3.05, 3.63) is 34.1 Å². The van der Waals surface area contributed by atoms with E-state index in [9.17, 15) is 9.18 Å². The highest BCUT2D eigenvalue weighted by atomic mass is 79.9. The lowest BCUT2D eigenvalue weighted by Crippen LogP contribution is -2.10. The minimum Gasteiger partial charge on any atom is -0.378 e. The minimum atomic E-state index is -0.461. The Balaban J connectivity index is 1.94. The SMILES string of the molecule is O=C(CCC1CCCO1)c1ccc(Br)cc1F. The van der Waals surface area contributed by atoms with Crippen LogP contribution in [-0.4, -0.2) is 18.5 Å². The van der Waals surface area contributed by atoms with Crippen LogP contribution in [0.3, 0.4) is 0 Å². The molecule has 17 heavy (non-hydrogen) atoms. The number of benzene rings is 1. The lowest BCUT2D eigenvalue weighted by Gasteiger charge is -2.08. The summed E-state index contributed by atoms with van der Waals surface area (Å²) in [4.78, 5) is 11.8. The molecule has 1 unspecified atom stereocenters. The zero-order chi connectivity index (χ0) is 12.3. The molecule has 4 heteroatoms. The number of ketones is 1. The average molecular weight is 301 g/mol. The van der Waals surface area contributed by atoms with E-state index in [0.717, 1.165) is 19.4 Å². The molecule has 1 atom stereocenters. The molecule has 2 nitrogen and oxygen atoms in total. The summed E-state index contributed by atoms with van der Waals surface area (Å²) in [7, 11) is 0. The maximum atomic E-state index is 13.5. The highest BCUT2D eigenvalue weighted by molar-refractivity contribution is 9.10. The van der Waals surface area contributed by atoms with Crippen LogP contribution in [0.2, 0.25) is 0 Å². The van der Waals surface area contributed by atoms with E-state index in [4.69, 9.17) is 4.74 Å². The van der Waals surface area contributed by atoms with Gasteiger partial charge in [0.05, 0.1) is 11.7 Å². The van der Waals surface area contributed by atoms with E-state index in [1.54, 1.807) is 6.07 Å². The van der Waals surface area contributed by atoms with Crippen LogP contribution >= 0.6 is 15.9 Å². The monoisotopic (exact) mass is 300 g/mol. The molecule has 1 aromatic carbocycles. The summed E-state index contributed by atoms with van der Waals surface area (Å²) in [6.07, 6.45) is 3.29. The molecule has 0 saturated carbocycles. The predicted molar refractivity (Wildman–Crippen MR) is 66.6 cm³/mol. The third kappa shape index (κ3) is 3.36. The van der Waals surface area contributed by atoms with Crippen molar-refractivity contribution in [3.8, 4) is 0 Å². The van der Waals surface area contributed by atoms with Crippen LogP contribution < -0.4 is 0 Å². The number of Topliss-reactive ketones (excluding diaryl/α,β-unsaturated/α-hetero) is 1. The molecule has 0 aromatic heterocycles. The molecule has 1 heterocycles. The molecule has 0 bridgehead atoms. The zero-order valence-corrected chi connectivity index (χ0v) is 11.0. The summed E-state index contributed by atoms with van der Waals surface area (Å²) in [6.45, 7) is 0.783. The fourth-order valence-electron chi connectivity index (χ4n) is 2.01. The Morgan fingerprint density at radius 1 is 1.53 bits per heavy atom. The molecule has 0 radical (unpaired) electrons. The molecule has 1 saturated heterocycles. The molecule has 2 rings (SSSR count). The summed E-state index contributed by atoms with van der Waals surface area (Å²) >= 11 is 3.17. The number of ether oxygens (including phenoxy) is 1. The summed E-state index contributed by atoms with van der Waals surface area (Å²) in [5.74, 6) is -0.609. The summed E-state index contributed by atoms with van der Waals surface area (Å²) in [5, 5.41) is 0. The quantitative estimate of drug-likeness (QED) is 0.792. The van der Waals surface area contributed by atoms with Crippen molar-refractivity contribution < 1.29 is 13.9 Å². The Kier molecular flexibility index (Phi) is 4.29. The third-order valence-corrected chi connectivity index (χ3v) is 3.44. The first kappa shape index (κ1) is 12.7. The number of hydrogen-bond donors (Lipinski definition) is 0. The smallest absolute Gasteiger partial charge is 0.165 e. The Hall–Kier alpha value is -0.740. The van der Waals surface area contributed by atoms with Crippen molar-refractivity contribution in [1.82, 2.24) is 0 Å². The van der Waals surface area contributed by atoms with E-state index < -0.39 is 5.82 Å². The van der Waals surface area contributed by atoms with Crippen LogP contribution in [0.25, 0.3) is 0 Å². The van der Waals surface area contributed by atoms with Gasteiger partial charge < -0.3 is 4.74 Å². The largest absolute Gasteiger partial charge is 0.378 e. The topological polar surface area (TPSA) is 26.3 Å². The van der Waals surface area contributed by atoms with Gasteiger partial charge in [-0.25, -0.2) is 4.39 Å². The summed E-state index contributed by atoms with van der Waals surface area (Å²) in [6, 6.07) is 4.53. The van der Waals surface area contributed by atoms with Gasteiger partial charge in [0.1, 0.15) is 5.82 Å². The maximum Gasteiger partial charge on any atom is 0.165 e. The number of carbonyl (C=O) groups is 1. The van der Waals surface area contributed by atoms with Crippen LogP contribution in [0.5, 0.6) is 0 Å². The van der Waals surface area contributed by atoms with E-state index in [1.165, 1.54) is 12.1 Å². The van der Waals surface area contributed by atoms with Crippen molar-refractivity contribution in [1.29, 1.82) is 0 Å². The number of rotatable bonds is 4. The Labute approximate surface area is 108 Å². The second-order valence-corrected chi connectivity index (χ2v) is 5.14. The van der Waals surface area contributed by atoms with Gasteiger partial charge in [-0.15, -0.1) is 0 Å². The van der Waals surface area contributed by atoms with Gasteiger partial charge in [0.25, 0.3) is 0 Å². The van der Waals surface area contributed by atoms with E-state index >= 15 is 0 Å². The predicted octanol–water partition coefficient (Wildman–Crippen LogP) is 3.73. The van der Waals surface area contributed by atoms with Crippen LogP contribution in [0.15, 0.2) is 22.7 Å². The van der Waals surface area contributed by atoms with Gasteiger partial charge in [-0.3, -0.25) is 4.79 Å². The Morgan fingerprint density at radius 2 is 2.35 bits per heavy atom. The van der Waals surface area contributed by atoms with Gasteiger partial charge in [-0.1, -0.05) is 15.9 Å². The van der Waals surface area contributed by atoms with Gasteiger partial charge in [0.2, 0.25) is 0 Å². The molecule has 1 fully saturated rings. The zero-order valence-electron chi connectivity index (χ0n) is 9.42. The molecule has 0 spiro atoms. The molecular weight excluding hydrogens is 287 g/mol. The van der Waals surface area contributed by atoms with Crippen molar-refractivity contribution in [2.24, 2.45) is 0 Å². The fourth-order valence-corrected chi connectivity index (χ4v) is 2.35. The molecular formula is C13H14BrFO2. The maximum absolute atomic E-state index is 13.5. The lowest BCUT2D eigenvalue weighted by molar-refractivity contribution is 0.0856. The third-order valence-electron chi connectivity index (χ3n) is 2.95. The van der Waals surface area contributed by atoms with Crippen LogP contribution in [0.1, 0.15) is 36.0 Å². The summed E-state index contributed by atoms with van der Waals surface area (Å²) in [5.41, 5.74) is 0.172. The van der Waals surface area contributed by atoms with Gasteiger partial charge in [0.15, 0.2) is 5.78 Å². The van der Waals surface area contributed by atoms with Crippen LogP contribution in [-0.2, 0) is 4.74 Å². The standard InChI is InChI=1S/C13H14BrFO2/c14-9-3-5-11(12(15)8-9)13(16)6-4-10-2-1-7-17-10/h3,5,8,10H,1-2,4,6-7H2. The Bertz CT molecular complexity index is 414. The molecule has 0 N–H and O–H groups in total. The number of hydrogen-bond acceptors (Lipinski definition) is 2. The normalized spacial score (nSPS) is 19.5. The fraction of sp³-hybridized carbons (Fsp3) is 0.462. The molecule has 1 aliphatic heterocycles. The number of halogens is 2. The second kappa shape index (κ2) is 5.74. The number of carbonyl (C=O) groups excluding carboxylic acids is 1. The first-order valence-corrected chi connectivity index (χ1v) is 6.56. The van der Waals surface area contributed by atoms with Gasteiger partial charge in [-0.2, -0.15) is 0 Å².